The monoisotopic (exact) mass is 321 g/mol. The van der Waals surface area contributed by atoms with E-state index < -0.39 is 0 Å². The molecule has 0 aliphatic heterocycles. The number of nitrogens with zero attached hydrogens (tertiary/aromatic N) is 3. The molecule has 0 aliphatic rings. The van der Waals surface area contributed by atoms with Crippen LogP contribution in [-0.2, 0) is 6.54 Å². The highest BCUT2D eigenvalue weighted by Gasteiger charge is 2.10. The van der Waals surface area contributed by atoms with Gasteiger partial charge in [-0.1, -0.05) is 24.3 Å². The largest absolute Gasteiger partial charge is 0.438 e. The Morgan fingerprint density at radius 2 is 1.79 bits per heavy atom. The molecule has 3 rings (SSSR count). The lowest BCUT2D eigenvalue weighted by atomic mass is 10.1. The van der Waals surface area contributed by atoms with Crippen molar-refractivity contribution in [2.24, 2.45) is 0 Å². The van der Waals surface area contributed by atoms with Crippen molar-refractivity contribution >= 4 is 11.8 Å². The van der Waals surface area contributed by atoms with E-state index in [9.17, 15) is 0 Å². The molecule has 3 N–H and O–H groups in total. The molecule has 0 saturated heterocycles. The summed E-state index contributed by atoms with van der Waals surface area (Å²) in [6.45, 7) is 4.56. The lowest BCUT2D eigenvalue weighted by Crippen LogP contribution is -2.06. The van der Waals surface area contributed by atoms with Gasteiger partial charge in [-0.3, -0.25) is 0 Å². The molecular weight excluding hydrogens is 302 g/mol. The maximum Gasteiger partial charge on any atom is 0.224 e. The van der Waals surface area contributed by atoms with Crippen molar-refractivity contribution < 1.29 is 4.74 Å². The fraction of sp³-hybridized carbons (Fsp3) is 0.167. The van der Waals surface area contributed by atoms with E-state index in [1.807, 2.05) is 44.2 Å². The first-order valence-electron chi connectivity index (χ1n) is 7.64. The van der Waals surface area contributed by atoms with E-state index in [0.717, 1.165) is 22.4 Å². The Labute approximate surface area is 140 Å². The predicted molar refractivity (Wildman–Crippen MR) is 94.0 cm³/mol. The van der Waals surface area contributed by atoms with Gasteiger partial charge >= 0.3 is 0 Å². The van der Waals surface area contributed by atoms with Crippen LogP contribution in [0.25, 0.3) is 0 Å². The number of hydrogen-bond acceptors (Lipinski definition) is 6. The smallest absolute Gasteiger partial charge is 0.224 e. The summed E-state index contributed by atoms with van der Waals surface area (Å²) in [6.07, 6.45) is 3.33. The normalized spacial score (nSPS) is 10.4. The second kappa shape index (κ2) is 6.95. The van der Waals surface area contributed by atoms with Crippen LogP contribution in [-0.4, -0.2) is 15.0 Å². The minimum atomic E-state index is 0.234. The highest BCUT2D eigenvalue weighted by molar-refractivity contribution is 5.44. The molecule has 0 bridgehead atoms. The topological polar surface area (TPSA) is 86.0 Å². The van der Waals surface area contributed by atoms with Crippen molar-refractivity contribution in [2.75, 3.05) is 11.1 Å². The number of pyridine rings is 1. The van der Waals surface area contributed by atoms with Crippen molar-refractivity contribution in [3.63, 3.8) is 0 Å². The number of nitrogens with one attached hydrogen (secondary N) is 1. The van der Waals surface area contributed by atoms with Crippen molar-refractivity contribution in [1.82, 2.24) is 15.0 Å². The Kier molecular flexibility index (Phi) is 4.56. The van der Waals surface area contributed by atoms with Crippen molar-refractivity contribution in [3.05, 3.63) is 65.5 Å². The molecule has 6 nitrogen and oxygen atoms in total. The fourth-order valence-electron chi connectivity index (χ4n) is 2.37. The van der Waals surface area contributed by atoms with Crippen molar-refractivity contribution in [2.45, 2.75) is 20.4 Å². The third-order valence-corrected chi connectivity index (χ3v) is 3.59. The number of aryl methyl sites for hydroxylation is 2. The van der Waals surface area contributed by atoms with E-state index in [1.165, 1.54) is 0 Å². The standard InChI is InChI=1S/C18H19N5O/c1-12-5-3-6-13(2)16(12)24-17-14(7-4-9-20-17)11-22-15-8-10-21-18(19)23-15/h3-10H,11H2,1-2H3,(H3,19,21,22,23). The molecule has 0 radical (unpaired) electrons. The first-order chi connectivity index (χ1) is 11.6. The number of ether oxygens (including phenoxy) is 1. The Hall–Kier alpha value is -3.15. The maximum atomic E-state index is 6.07. The van der Waals surface area contributed by atoms with Crippen molar-refractivity contribution in [1.29, 1.82) is 0 Å². The summed E-state index contributed by atoms with van der Waals surface area (Å²) in [5.41, 5.74) is 8.67. The van der Waals surface area contributed by atoms with E-state index in [0.29, 0.717) is 18.2 Å². The third-order valence-electron chi connectivity index (χ3n) is 3.59. The van der Waals surface area contributed by atoms with Gasteiger partial charge < -0.3 is 15.8 Å². The highest BCUT2D eigenvalue weighted by atomic mass is 16.5. The zero-order valence-corrected chi connectivity index (χ0v) is 13.7. The summed E-state index contributed by atoms with van der Waals surface area (Å²) in [7, 11) is 0. The van der Waals surface area contributed by atoms with Crippen LogP contribution in [0.1, 0.15) is 16.7 Å². The SMILES string of the molecule is Cc1cccc(C)c1Oc1ncccc1CNc1ccnc(N)n1. The Morgan fingerprint density at radius 1 is 1.00 bits per heavy atom. The molecule has 0 unspecified atom stereocenters. The summed E-state index contributed by atoms with van der Waals surface area (Å²) < 4.78 is 6.07. The number of benzene rings is 1. The quantitative estimate of drug-likeness (QED) is 0.748. The average Bonchev–Trinajstić information content (AvgIpc) is 2.57. The zero-order chi connectivity index (χ0) is 16.9. The summed E-state index contributed by atoms with van der Waals surface area (Å²) >= 11 is 0. The van der Waals surface area contributed by atoms with E-state index in [1.54, 1.807) is 18.5 Å². The Bertz CT molecular complexity index is 830. The van der Waals surface area contributed by atoms with E-state index in [4.69, 9.17) is 10.5 Å². The van der Waals surface area contributed by atoms with Crippen LogP contribution in [0, 0.1) is 13.8 Å². The van der Waals surface area contributed by atoms with Crippen LogP contribution >= 0.6 is 0 Å². The van der Waals surface area contributed by atoms with Gasteiger partial charge in [-0.15, -0.1) is 0 Å². The number of anilines is 2. The first kappa shape index (κ1) is 15.7. The zero-order valence-electron chi connectivity index (χ0n) is 13.7. The lowest BCUT2D eigenvalue weighted by molar-refractivity contribution is 0.450. The van der Waals surface area contributed by atoms with Crippen LogP contribution in [0.5, 0.6) is 11.6 Å². The number of nitrogen functional groups attached to an aromatic ring is 1. The van der Waals surface area contributed by atoms with Gasteiger partial charge in [-0.05, 0) is 37.1 Å². The van der Waals surface area contributed by atoms with Crippen molar-refractivity contribution in [3.8, 4) is 11.6 Å². The molecule has 0 fully saturated rings. The molecule has 0 aliphatic carbocycles. The molecule has 122 valence electrons. The van der Waals surface area contributed by atoms with Gasteiger partial charge in [0.15, 0.2) is 0 Å². The van der Waals surface area contributed by atoms with Gasteiger partial charge in [-0.2, -0.15) is 4.98 Å². The van der Waals surface area contributed by atoms with E-state index in [-0.39, 0.29) is 5.95 Å². The molecule has 2 aromatic heterocycles. The van der Waals surface area contributed by atoms with E-state index >= 15 is 0 Å². The van der Waals surface area contributed by atoms with Crippen LogP contribution in [0.3, 0.4) is 0 Å². The number of para-hydroxylation sites is 1. The molecule has 0 amide bonds. The summed E-state index contributed by atoms with van der Waals surface area (Å²) in [6, 6.07) is 11.7. The number of hydrogen-bond donors (Lipinski definition) is 2. The lowest BCUT2D eigenvalue weighted by Gasteiger charge is -2.14. The second-order valence-electron chi connectivity index (χ2n) is 5.44. The van der Waals surface area contributed by atoms with E-state index in [2.05, 4.69) is 20.3 Å². The Morgan fingerprint density at radius 3 is 2.54 bits per heavy atom. The van der Waals surface area contributed by atoms with Crippen LogP contribution in [0.4, 0.5) is 11.8 Å². The number of nitrogens with two attached hydrogens (primary N) is 1. The van der Waals surface area contributed by atoms with Crippen LogP contribution in [0.2, 0.25) is 0 Å². The second-order valence-corrected chi connectivity index (χ2v) is 5.44. The molecule has 0 spiro atoms. The summed E-state index contributed by atoms with van der Waals surface area (Å²) in [4.78, 5) is 12.4. The minimum Gasteiger partial charge on any atom is -0.438 e. The highest BCUT2D eigenvalue weighted by Crippen LogP contribution is 2.29. The third kappa shape index (κ3) is 3.60. The average molecular weight is 321 g/mol. The Balaban J connectivity index is 1.80. The summed E-state index contributed by atoms with van der Waals surface area (Å²) in [5, 5.41) is 3.21. The van der Waals surface area contributed by atoms with Crippen LogP contribution < -0.4 is 15.8 Å². The molecule has 2 heterocycles. The van der Waals surface area contributed by atoms with Gasteiger partial charge in [-0.25, -0.2) is 9.97 Å². The molecular formula is C18H19N5O. The van der Waals surface area contributed by atoms with Gasteiger partial charge in [0, 0.05) is 24.5 Å². The number of rotatable bonds is 5. The maximum absolute atomic E-state index is 6.07. The molecule has 6 heteroatoms. The summed E-state index contributed by atoms with van der Waals surface area (Å²) in [5.74, 6) is 2.30. The van der Waals surface area contributed by atoms with Crippen LogP contribution in [0.15, 0.2) is 48.8 Å². The predicted octanol–water partition coefficient (Wildman–Crippen LogP) is 3.48. The molecule has 3 aromatic rings. The fourth-order valence-corrected chi connectivity index (χ4v) is 2.37. The molecule has 0 saturated carbocycles. The van der Waals surface area contributed by atoms with Gasteiger partial charge in [0.05, 0.1) is 0 Å². The first-order valence-corrected chi connectivity index (χ1v) is 7.64. The molecule has 24 heavy (non-hydrogen) atoms. The molecule has 0 atom stereocenters. The van der Waals surface area contributed by atoms with Gasteiger partial charge in [0.2, 0.25) is 11.8 Å². The van der Waals surface area contributed by atoms with Gasteiger partial charge in [0.25, 0.3) is 0 Å². The van der Waals surface area contributed by atoms with Gasteiger partial charge in [0.1, 0.15) is 11.6 Å². The number of aromatic nitrogens is 3. The molecule has 1 aromatic carbocycles. The minimum absolute atomic E-state index is 0.234.